The second-order valence-corrected chi connectivity index (χ2v) is 5.47. The number of benzene rings is 1. The molecule has 1 unspecified atom stereocenters. The maximum absolute atomic E-state index is 6.23. The molecule has 0 aliphatic carbocycles. The first-order chi connectivity index (χ1) is 9.54. The zero-order chi connectivity index (χ0) is 14.7. The summed E-state index contributed by atoms with van der Waals surface area (Å²) in [7, 11) is 1.61. The Labute approximate surface area is 128 Å². The van der Waals surface area contributed by atoms with Crippen molar-refractivity contribution < 1.29 is 4.74 Å². The van der Waals surface area contributed by atoms with E-state index in [-0.39, 0.29) is 12.0 Å². The van der Waals surface area contributed by atoms with Crippen LogP contribution in [0.5, 0.6) is 0 Å². The van der Waals surface area contributed by atoms with Crippen molar-refractivity contribution in [1.82, 2.24) is 9.97 Å². The lowest BCUT2D eigenvalue weighted by atomic mass is 10.1. The van der Waals surface area contributed by atoms with E-state index < -0.39 is 0 Å². The fourth-order valence-corrected chi connectivity index (χ4v) is 2.88. The molecule has 0 spiro atoms. The predicted octanol–water partition coefficient (Wildman–Crippen LogP) is 4.64. The summed E-state index contributed by atoms with van der Waals surface area (Å²) < 4.78 is 5.49. The third kappa shape index (κ3) is 3.11. The van der Waals surface area contributed by atoms with Crippen LogP contribution >= 0.6 is 23.2 Å². The van der Waals surface area contributed by atoms with E-state index >= 15 is 0 Å². The number of rotatable bonds is 4. The smallest absolute Gasteiger partial charge is 0.165 e. The third-order valence-electron chi connectivity index (χ3n) is 3.02. The minimum absolute atomic E-state index is 0.168. The molecule has 0 saturated heterocycles. The van der Waals surface area contributed by atoms with E-state index in [1.165, 1.54) is 0 Å². The Hall–Kier alpha value is -1.16. The van der Waals surface area contributed by atoms with Crippen molar-refractivity contribution in [3.63, 3.8) is 0 Å². The molecule has 0 bridgehead atoms. The number of hydrogen-bond acceptors (Lipinski definition) is 3. The summed E-state index contributed by atoms with van der Waals surface area (Å²) in [5.41, 5.74) is 1.72. The van der Waals surface area contributed by atoms with Crippen LogP contribution < -0.4 is 0 Å². The SMILES string of the molecule is COC(c1ccccc1)c1nc(Cl)c(C(C)C)c(Cl)n1. The number of hydrogen-bond donors (Lipinski definition) is 0. The molecule has 20 heavy (non-hydrogen) atoms. The highest BCUT2D eigenvalue weighted by molar-refractivity contribution is 6.34. The molecule has 0 fully saturated rings. The van der Waals surface area contributed by atoms with E-state index in [0.29, 0.717) is 16.1 Å². The number of nitrogens with zero attached hydrogens (tertiary/aromatic N) is 2. The fraction of sp³-hybridized carbons (Fsp3) is 0.333. The summed E-state index contributed by atoms with van der Waals surface area (Å²) in [6, 6.07) is 9.73. The van der Waals surface area contributed by atoms with Gasteiger partial charge < -0.3 is 4.74 Å². The molecule has 1 heterocycles. The molecular weight excluding hydrogens is 295 g/mol. The lowest BCUT2D eigenvalue weighted by molar-refractivity contribution is 0.129. The monoisotopic (exact) mass is 310 g/mol. The molecule has 0 aliphatic rings. The Morgan fingerprint density at radius 2 is 1.55 bits per heavy atom. The Morgan fingerprint density at radius 3 is 2.00 bits per heavy atom. The van der Waals surface area contributed by atoms with Crippen LogP contribution in [0.1, 0.15) is 42.8 Å². The van der Waals surface area contributed by atoms with Gasteiger partial charge in [-0.3, -0.25) is 0 Å². The maximum Gasteiger partial charge on any atom is 0.165 e. The van der Waals surface area contributed by atoms with Crippen LogP contribution in [0.15, 0.2) is 30.3 Å². The first-order valence-electron chi connectivity index (χ1n) is 6.35. The van der Waals surface area contributed by atoms with Gasteiger partial charge in [0.05, 0.1) is 0 Å². The van der Waals surface area contributed by atoms with Crippen LogP contribution in [-0.4, -0.2) is 17.1 Å². The molecule has 0 saturated carbocycles. The summed E-state index contributed by atoms with van der Waals surface area (Å²) in [5, 5.41) is 0.765. The van der Waals surface area contributed by atoms with E-state index in [0.717, 1.165) is 11.1 Å². The van der Waals surface area contributed by atoms with Gasteiger partial charge in [-0.1, -0.05) is 67.4 Å². The van der Waals surface area contributed by atoms with Crippen molar-refractivity contribution in [3.05, 3.63) is 57.6 Å². The first-order valence-corrected chi connectivity index (χ1v) is 7.10. The summed E-state index contributed by atoms with van der Waals surface area (Å²) in [6.07, 6.45) is -0.382. The third-order valence-corrected chi connectivity index (χ3v) is 3.60. The van der Waals surface area contributed by atoms with Crippen LogP contribution in [-0.2, 0) is 4.74 Å². The lowest BCUT2D eigenvalue weighted by Crippen LogP contribution is -2.10. The highest BCUT2D eigenvalue weighted by Gasteiger charge is 2.21. The summed E-state index contributed by atoms with van der Waals surface area (Å²) >= 11 is 12.5. The largest absolute Gasteiger partial charge is 0.369 e. The van der Waals surface area contributed by atoms with Crippen molar-refractivity contribution in [2.24, 2.45) is 0 Å². The Kier molecular flexibility index (Phi) is 4.97. The first kappa shape index (κ1) is 15.2. The predicted molar refractivity (Wildman–Crippen MR) is 81.4 cm³/mol. The number of methoxy groups -OCH3 is 1. The summed E-state index contributed by atoms with van der Waals surface area (Å²) in [5.74, 6) is 0.639. The van der Waals surface area contributed by atoms with E-state index in [9.17, 15) is 0 Å². The van der Waals surface area contributed by atoms with Gasteiger partial charge in [-0.25, -0.2) is 9.97 Å². The molecule has 2 aromatic rings. The van der Waals surface area contributed by atoms with Gasteiger partial charge in [0.1, 0.15) is 16.4 Å². The quantitative estimate of drug-likeness (QED) is 0.771. The summed E-state index contributed by atoms with van der Waals surface area (Å²) in [4.78, 5) is 8.70. The molecule has 1 aromatic heterocycles. The molecule has 0 radical (unpaired) electrons. The Morgan fingerprint density at radius 1 is 1.00 bits per heavy atom. The highest BCUT2D eigenvalue weighted by atomic mass is 35.5. The molecule has 5 heteroatoms. The van der Waals surface area contributed by atoms with E-state index in [1.54, 1.807) is 7.11 Å². The molecule has 106 valence electrons. The number of aromatic nitrogens is 2. The van der Waals surface area contributed by atoms with Crippen LogP contribution in [0.2, 0.25) is 10.3 Å². The standard InChI is InChI=1S/C15H16Cl2N2O/c1-9(2)11-13(16)18-15(19-14(11)17)12(20-3)10-7-5-4-6-8-10/h4-9,12H,1-3H3. The fourth-order valence-electron chi connectivity index (χ4n) is 2.04. The summed E-state index contributed by atoms with van der Waals surface area (Å²) in [6.45, 7) is 4.00. The maximum atomic E-state index is 6.23. The van der Waals surface area contributed by atoms with Gasteiger partial charge >= 0.3 is 0 Å². The van der Waals surface area contributed by atoms with Crippen molar-refractivity contribution in [3.8, 4) is 0 Å². The number of ether oxygens (including phenoxy) is 1. The topological polar surface area (TPSA) is 35.0 Å². The zero-order valence-corrected chi connectivity index (χ0v) is 13.1. The Bertz CT molecular complexity index is 565. The van der Waals surface area contributed by atoms with Gasteiger partial charge in [0.25, 0.3) is 0 Å². The lowest BCUT2D eigenvalue weighted by Gasteiger charge is -2.17. The average Bonchev–Trinajstić information content (AvgIpc) is 2.39. The minimum atomic E-state index is -0.382. The van der Waals surface area contributed by atoms with Crippen molar-refractivity contribution >= 4 is 23.2 Å². The molecule has 0 N–H and O–H groups in total. The van der Waals surface area contributed by atoms with E-state index in [4.69, 9.17) is 27.9 Å². The van der Waals surface area contributed by atoms with Gasteiger partial charge in [0.2, 0.25) is 0 Å². The van der Waals surface area contributed by atoms with Crippen molar-refractivity contribution in [1.29, 1.82) is 0 Å². The van der Waals surface area contributed by atoms with E-state index in [2.05, 4.69) is 9.97 Å². The number of halogens is 2. The van der Waals surface area contributed by atoms with E-state index in [1.807, 2.05) is 44.2 Å². The molecule has 1 aromatic carbocycles. The second kappa shape index (κ2) is 6.53. The molecule has 3 nitrogen and oxygen atoms in total. The van der Waals surface area contributed by atoms with Crippen LogP contribution in [0.4, 0.5) is 0 Å². The molecular formula is C15H16Cl2N2O. The van der Waals surface area contributed by atoms with Crippen LogP contribution in [0, 0.1) is 0 Å². The van der Waals surface area contributed by atoms with Crippen LogP contribution in [0.3, 0.4) is 0 Å². The molecule has 0 aliphatic heterocycles. The second-order valence-electron chi connectivity index (χ2n) is 4.76. The van der Waals surface area contributed by atoms with Crippen molar-refractivity contribution in [2.75, 3.05) is 7.11 Å². The molecule has 2 rings (SSSR count). The van der Waals surface area contributed by atoms with Gasteiger partial charge in [-0.15, -0.1) is 0 Å². The normalized spacial score (nSPS) is 12.7. The molecule has 0 amide bonds. The van der Waals surface area contributed by atoms with Gasteiger partial charge in [-0.2, -0.15) is 0 Å². The van der Waals surface area contributed by atoms with Gasteiger partial charge in [-0.05, 0) is 11.5 Å². The molecule has 1 atom stereocenters. The minimum Gasteiger partial charge on any atom is -0.369 e. The zero-order valence-electron chi connectivity index (χ0n) is 11.6. The average molecular weight is 311 g/mol. The Balaban J connectivity index is 2.47. The van der Waals surface area contributed by atoms with Gasteiger partial charge in [0.15, 0.2) is 5.82 Å². The van der Waals surface area contributed by atoms with Gasteiger partial charge in [0, 0.05) is 12.7 Å². The highest BCUT2D eigenvalue weighted by Crippen LogP contribution is 2.31. The van der Waals surface area contributed by atoms with Crippen molar-refractivity contribution in [2.45, 2.75) is 25.9 Å². The van der Waals surface area contributed by atoms with Crippen LogP contribution in [0.25, 0.3) is 0 Å².